The minimum absolute atomic E-state index is 0.785. The molecule has 2 heteroatoms. The third-order valence-electron chi connectivity index (χ3n) is 2.86. The van der Waals surface area contributed by atoms with E-state index in [0.29, 0.717) is 0 Å². The van der Waals surface area contributed by atoms with E-state index in [1.807, 2.05) is 24.3 Å². The van der Waals surface area contributed by atoms with E-state index in [4.69, 9.17) is 5.73 Å². The maximum Gasteiger partial charge on any atom is 0.0443 e. The maximum atomic E-state index is 5.67. The van der Waals surface area contributed by atoms with Gasteiger partial charge < -0.3 is 11.1 Å². The van der Waals surface area contributed by atoms with Gasteiger partial charge in [0, 0.05) is 17.1 Å². The van der Waals surface area contributed by atoms with Gasteiger partial charge in [0.15, 0.2) is 0 Å². The second-order valence-electron chi connectivity index (χ2n) is 4.52. The smallest absolute Gasteiger partial charge is 0.0443 e. The summed E-state index contributed by atoms with van der Waals surface area (Å²) < 4.78 is 0. The Bertz CT molecular complexity index is 504. The number of nitrogens with two attached hydrogens (primary N) is 1. The zero-order valence-electron chi connectivity index (χ0n) is 10.5. The molecule has 0 saturated heterocycles. The van der Waals surface area contributed by atoms with E-state index in [1.165, 1.54) is 22.4 Å². The van der Waals surface area contributed by atoms with Gasteiger partial charge >= 0.3 is 0 Å². The highest BCUT2D eigenvalue weighted by atomic mass is 14.9. The minimum Gasteiger partial charge on any atom is -0.399 e. The van der Waals surface area contributed by atoms with Crippen LogP contribution in [-0.2, 0) is 0 Å². The van der Waals surface area contributed by atoms with Crippen molar-refractivity contribution in [1.29, 1.82) is 0 Å². The van der Waals surface area contributed by atoms with Crippen LogP contribution >= 0.6 is 0 Å². The quantitative estimate of drug-likeness (QED) is 0.761. The summed E-state index contributed by atoms with van der Waals surface area (Å²) in [5.41, 5.74) is 12.5. The van der Waals surface area contributed by atoms with E-state index in [2.05, 4.69) is 38.2 Å². The molecule has 0 fully saturated rings. The molecule has 0 aromatic heterocycles. The van der Waals surface area contributed by atoms with Gasteiger partial charge in [-0.3, -0.25) is 0 Å². The molecule has 2 nitrogen and oxygen atoms in total. The van der Waals surface area contributed by atoms with Crippen LogP contribution in [0.25, 0.3) is 0 Å². The van der Waals surface area contributed by atoms with Crippen molar-refractivity contribution in [3.8, 4) is 0 Å². The predicted molar refractivity (Wildman–Crippen MR) is 74.8 cm³/mol. The first-order chi connectivity index (χ1) is 8.06. The van der Waals surface area contributed by atoms with Crippen LogP contribution in [0, 0.1) is 20.8 Å². The predicted octanol–water partition coefficient (Wildman–Crippen LogP) is 3.94. The molecule has 0 atom stereocenters. The molecule has 0 bridgehead atoms. The Morgan fingerprint density at radius 3 is 1.94 bits per heavy atom. The van der Waals surface area contributed by atoms with Gasteiger partial charge in [0.1, 0.15) is 0 Å². The summed E-state index contributed by atoms with van der Waals surface area (Å²) in [5.74, 6) is 0. The van der Waals surface area contributed by atoms with Crippen molar-refractivity contribution in [2.75, 3.05) is 11.1 Å². The van der Waals surface area contributed by atoms with E-state index in [1.54, 1.807) is 0 Å². The fourth-order valence-electron chi connectivity index (χ4n) is 2.09. The molecule has 0 aliphatic heterocycles. The van der Waals surface area contributed by atoms with Crippen molar-refractivity contribution in [1.82, 2.24) is 0 Å². The fourth-order valence-corrected chi connectivity index (χ4v) is 2.09. The lowest BCUT2D eigenvalue weighted by Gasteiger charge is -2.14. The normalized spacial score (nSPS) is 10.3. The van der Waals surface area contributed by atoms with Gasteiger partial charge in [-0.15, -0.1) is 0 Å². The standard InChI is InChI=1S/C15H18N2/c1-10-8-11(2)15(12(3)9-10)17-14-6-4-13(16)5-7-14/h4-9,17H,16H2,1-3H3. The van der Waals surface area contributed by atoms with Gasteiger partial charge in [0.25, 0.3) is 0 Å². The Kier molecular flexibility index (Phi) is 3.05. The number of aryl methyl sites for hydroxylation is 3. The van der Waals surface area contributed by atoms with Crippen molar-refractivity contribution in [2.45, 2.75) is 20.8 Å². The molecule has 2 aromatic carbocycles. The zero-order valence-corrected chi connectivity index (χ0v) is 10.5. The average molecular weight is 226 g/mol. The second kappa shape index (κ2) is 4.50. The number of hydrogen-bond acceptors (Lipinski definition) is 2. The number of rotatable bonds is 2. The van der Waals surface area contributed by atoms with Gasteiger partial charge in [0.05, 0.1) is 0 Å². The molecular weight excluding hydrogens is 208 g/mol. The summed E-state index contributed by atoms with van der Waals surface area (Å²) in [5, 5.41) is 3.44. The molecule has 0 saturated carbocycles. The highest BCUT2D eigenvalue weighted by Gasteiger charge is 2.03. The van der Waals surface area contributed by atoms with Crippen LogP contribution in [0.15, 0.2) is 36.4 Å². The summed E-state index contributed by atoms with van der Waals surface area (Å²) in [6, 6.07) is 12.2. The molecule has 3 N–H and O–H groups in total. The Morgan fingerprint density at radius 2 is 1.41 bits per heavy atom. The molecule has 0 heterocycles. The molecule has 2 rings (SSSR count). The van der Waals surface area contributed by atoms with E-state index < -0.39 is 0 Å². The summed E-state index contributed by atoms with van der Waals surface area (Å²) in [6.07, 6.45) is 0. The molecule has 0 amide bonds. The number of hydrogen-bond donors (Lipinski definition) is 2. The monoisotopic (exact) mass is 226 g/mol. The third kappa shape index (κ3) is 2.59. The van der Waals surface area contributed by atoms with Crippen LogP contribution in [0.2, 0.25) is 0 Å². The topological polar surface area (TPSA) is 38.0 Å². The maximum absolute atomic E-state index is 5.67. The van der Waals surface area contributed by atoms with Crippen LogP contribution in [0.5, 0.6) is 0 Å². The number of anilines is 3. The van der Waals surface area contributed by atoms with E-state index in [0.717, 1.165) is 11.4 Å². The lowest BCUT2D eigenvalue weighted by atomic mass is 10.0. The Hall–Kier alpha value is -1.96. The number of nitrogens with one attached hydrogen (secondary N) is 1. The summed E-state index contributed by atoms with van der Waals surface area (Å²) in [4.78, 5) is 0. The van der Waals surface area contributed by atoms with Crippen LogP contribution in [-0.4, -0.2) is 0 Å². The molecule has 0 aliphatic carbocycles. The first kappa shape index (κ1) is 11.5. The van der Waals surface area contributed by atoms with E-state index in [-0.39, 0.29) is 0 Å². The number of nitrogen functional groups attached to an aromatic ring is 1. The van der Waals surface area contributed by atoms with Gasteiger partial charge in [-0.2, -0.15) is 0 Å². The molecule has 0 spiro atoms. The van der Waals surface area contributed by atoms with Crippen molar-refractivity contribution in [2.24, 2.45) is 0 Å². The molecule has 0 unspecified atom stereocenters. The number of benzene rings is 2. The SMILES string of the molecule is Cc1cc(C)c(Nc2ccc(N)cc2)c(C)c1. The fraction of sp³-hybridized carbons (Fsp3) is 0.200. The highest BCUT2D eigenvalue weighted by Crippen LogP contribution is 2.26. The van der Waals surface area contributed by atoms with Gasteiger partial charge in [-0.1, -0.05) is 17.7 Å². The molecule has 17 heavy (non-hydrogen) atoms. The van der Waals surface area contributed by atoms with Crippen LogP contribution in [0.3, 0.4) is 0 Å². The van der Waals surface area contributed by atoms with Crippen LogP contribution in [0.1, 0.15) is 16.7 Å². The van der Waals surface area contributed by atoms with Crippen molar-refractivity contribution >= 4 is 17.1 Å². The minimum atomic E-state index is 0.785. The third-order valence-corrected chi connectivity index (χ3v) is 2.86. The van der Waals surface area contributed by atoms with Gasteiger partial charge in [0.2, 0.25) is 0 Å². The second-order valence-corrected chi connectivity index (χ2v) is 4.52. The van der Waals surface area contributed by atoms with Gasteiger partial charge in [-0.05, 0) is 56.2 Å². The first-order valence-corrected chi connectivity index (χ1v) is 5.76. The van der Waals surface area contributed by atoms with Crippen molar-refractivity contribution in [3.05, 3.63) is 53.1 Å². The Morgan fingerprint density at radius 1 is 0.882 bits per heavy atom. The largest absolute Gasteiger partial charge is 0.399 e. The Labute approximate surface area is 102 Å². The van der Waals surface area contributed by atoms with Crippen molar-refractivity contribution in [3.63, 3.8) is 0 Å². The molecule has 2 aromatic rings. The molecule has 0 aliphatic rings. The molecule has 0 radical (unpaired) electrons. The van der Waals surface area contributed by atoms with Crippen molar-refractivity contribution < 1.29 is 0 Å². The zero-order chi connectivity index (χ0) is 12.4. The molecular formula is C15H18N2. The first-order valence-electron chi connectivity index (χ1n) is 5.76. The van der Waals surface area contributed by atoms with Crippen LogP contribution in [0.4, 0.5) is 17.1 Å². The lowest BCUT2D eigenvalue weighted by Crippen LogP contribution is -1.97. The summed E-state index contributed by atoms with van der Waals surface area (Å²) in [6.45, 7) is 6.37. The highest BCUT2D eigenvalue weighted by molar-refractivity contribution is 5.68. The van der Waals surface area contributed by atoms with Gasteiger partial charge in [-0.25, -0.2) is 0 Å². The lowest BCUT2D eigenvalue weighted by molar-refractivity contribution is 1.31. The van der Waals surface area contributed by atoms with E-state index in [9.17, 15) is 0 Å². The van der Waals surface area contributed by atoms with E-state index >= 15 is 0 Å². The average Bonchev–Trinajstić information content (AvgIpc) is 2.26. The Balaban J connectivity index is 2.33. The molecule has 88 valence electrons. The summed E-state index contributed by atoms with van der Waals surface area (Å²) >= 11 is 0. The van der Waals surface area contributed by atoms with Crippen LogP contribution < -0.4 is 11.1 Å². The summed E-state index contributed by atoms with van der Waals surface area (Å²) in [7, 11) is 0.